The summed E-state index contributed by atoms with van der Waals surface area (Å²) in [5.74, 6) is -56.9. The molecule has 0 aliphatic rings. The maximum absolute atomic E-state index is 13.5. The molecule has 1 unspecified atom stereocenters. The Morgan fingerprint density at radius 1 is 0.758 bits per heavy atom. The Labute approximate surface area is 172 Å². The van der Waals surface area contributed by atoms with E-state index in [-0.39, 0.29) is 0 Å². The van der Waals surface area contributed by atoms with E-state index in [1.165, 1.54) is 0 Å². The lowest BCUT2D eigenvalue weighted by molar-refractivity contribution is -0.447. The average Bonchev–Trinajstić information content (AvgIpc) is 2.64. The predicted octanol–water partition coefficient (Wildman–Crippen LogP) is 5.18. The molecule has 0 spiro atoms. The highest BCUT2D eigenvalue weighted by molar-refractivity contribution is 5.81. The smallest absolute Gasteiger partial charge is 0.384 e. The van der Waals surface area contributed by atoms with Gasteiger partial charge in [0.15, 0.2) is 0 Å². The summed E-state index contributed by atoms with van der Waals surface area (Å²) in [5.41, 5.74) is 0. The van der Waals surface area contributed by atoms with Crippen LogP contribution >= 0.6 is 0 Å². The van der Waals surface area contributed by atoms with Gasteiger partial charge in [0.05, 0.1) is 6.10 Å². The number of rotatable bonds is 12. The standard InChI is InChI=1S/C14H10F16O3/c1-2-6(32)33-4-5(31)3-8(17,18)10(21,22)12(25,26)14(29,30)13(27,28)11(23,24)9(19,20)7(15)16/h2,5,7,31H,1,3-4H2. The Hall–Kier alpha value is -1.95. The van der Waals surface area contributed by atoms with E-state index in [0.717, 1.165) is 0 Å². The van der Waals surface area contributed by atoms with Crippen molar-refractivity contribution in [3.63, 3.8) is 0 Å². The first-order valence-corrected chi connectivity index (χ1v) is 7.69. The first-order valence-electron chi connectivity index (χ1n) is 7.69. The van der Waals surface area contributed by atoms with Crippen molar-refractivity contribution in [2.24, 2.45) is 0 Å². The van der Waals surface area contributed by atoms with E-state index >= 15 is 0 Å². The van der Waals surface area contributed by atoms with Crippen LogP contribution in [-0.4, -0.2) is 71.7 Å². The number of halogens is 16. The van der Waals surface area contributed by atoms with Crippen molar-refractivity contribution in [2.45, 2.75) is 60.4 Å². The van der Waals surface area contributed by atoms with Gasteiger partial charge in [-0.05, 0) is 0 Å². The molecule has 1 atom stereocenters. The fourth-order valence-corrected chi connectivity index (χ4v) is 1.89. The van der Waals surface area contributed by atoms with Crippen molar-refractivity contribution in [2.75, 3.05) is 6.61 Å². The molecule has 1 N–H and O–H groups in total. The molecular weight excluding hydrogens is 520 g/mol. The number of esters is 1. The van der Waals surface area contributed by atoms with Crippen molar-refractivity contribution in [3.8, 4) is 0 Å². The zero-order chi connectivity index (χ0) is 27.1. The van der Waals surface area contributed by atoms with Gasteiger partial charge in [-0.25, -0.2) is 13.6 Å². The van der Waals surface area contributed by atoms with Crippen molar-refractivity contribution < 1.29 is 84.9 Å². The fraction of sp³-hybridized carbons (Fsp3) is 0.786. The minimum Gasteiger partial charge on any atom is -0.460 e. The Morgan fingerprint density at radius 3 is 1.48 bits per heavy atom. The second kappa shape index (κ2) is 9.01. The molecule has 0 rings (SSSR count). The third-order valence-corrected chi connectivity index (χ3v) is 3.81. The van der Waals surface area contributed by atoms with Crippen molar-refractivity contribution in [1.82, 2.24) is 0 Å². The van der Waals surface area contributed by atoms with Crippen LogP contribution in [0.15, 0.2) is 12.7 Å². The summed E-state index contributed by atoms with van der Waals surface area (Å²) in [4.78, 5) is 10.6. The van der Waals surface area contributed by atoms with Gasteiger partial charge >= 0.3 is 53.9 Å². The molecule has 0 fully saturated rings. The number of alkyl halides is 16. The topological polar surface area (TPSA) is 46.5 Å². The highest BCUT2D eigenvalue weighted by Crippen LogP contribution is 2.63. The molecule has 0 aromatic carbocycles. The van der Waals surface area contributed by atoms with Gasteiger partial charge in [0.25, 0.3) is 0 Å². The Kier molecular flexibility index (Phi) is 8.48. The molecule has 0 aliphatic carbocycles. The number of hydrogen-bond acceptors (Lipinski definition) is 3. The van der Waals surface area contributed by atoms with E-state index in [9.17, 15) is 75.0 Å². The minimum atomic E-state index is -8.50. The molecule has 0 radical (unpaired) electrons. The van der Waals surface area contributed by atoms with Gasteiger partial charge < -0.3 is 9.84 Å². The summed E-state index contributed by atoms with van der Waals surface area (Å²) in [7, 11) is 0. The van der Waals surface area contributed by atoms with Gasteiger partial charge in [-0.15, -0.1) is 0 Å². The van der Waals surface area contributed by atoms with Gasteiger partial charge in [0.1, 0.15) is 6.61 Å². The van der Waals surface area contributed by atoms with Crippen molar-refractivity contribution in [1.29, 1.82) is 0 Å². The molecule has 196 valence electrons. The lowest BCUT2D eigenvalue weighted by atomic mass is 9.88. The maximum atomic E-state index is 13.5. The van der Waals surface area contributed by atoms with Gasteiger partial charge in [-0.2, -0.15) is 61.5 Å². The Bertz CT molecular complexity index is 717. The summed E-state index contributed by atoms with van der Waals surface area (Å²) < 4.78 is 214. The first-order chi connectivity index (χ1) is 14.3. The van der Waals surface area contributed by atoms with Crippen LogP contribution in [0.2, 0.25) is 0 Å². The molecule has 0 aliphatic heterocycles. The average molecular weight is 530 g/mol. The van der Waals surface area contributed by atoms with E-state index in [0.29, 0.717) is 6.08 Å². The van der Waals surface area contributed by atoms with E-state index in [1.807, 2.05) is 0 Å². The molecule has 0 heterocycles. The van der Waals surface area contributed by atoms with Crippen molar-refractivity contribution in [3.05, 3.63) is 12.7 Å². The van der Waals surface area contributed by atoms with Gasteiger partial charge in [0, 0.05) is 12.5 Å². The van der Waals surface area contributed by atoms with E-state index in [1.54, 1.807) is 0 Å². The fourth-order valence-electron chi connectivity index (χ4n) is 1.89. The number of ether oxygens (including phenoxy) is 1. The maximum Gasteiger partial charge on any atom is 0.384 e. The summed E-state index contributed by atoms with van der Waals surface area (Å²) >= 11 is 0. The summed E-state index contributed by atoms with van der Waals surface area (Å²) in [6.07, 6.45) is -11.7. The Morgan fingerprint density at radius 2 is 1.12 bits per heavy atom. The van der Waals surface area contributed by atoms with Crippen molar-refractivity contribution >= 4 is 5.97 Å². The summed E-state index contributed by atoms with van der Waals surface area (Å²) in [5, 5.41) is 9.01. The lowest BCUT2D eigenvalue weighted by Crippen LogP contribution is -2.73. The van der Waals surface area contributed by atoms with Crippen LogP contribution in [0, 0.1) is 0 Å². The molecule has 0 saturated heterocycles. The molecule has 33 heavy (non-hydrogen) atoms. The summed E-state index contributed by atoms with van der Waals surface area (Å²) in [6.45, 7) is 1.04. The number of aliphatic hydroxyl groups excluding tert-OH is 1. The monoisotopic (exact) mass is 530 g/mol. The molecule has 0 amide bonds. The van der Waals surface area contributed by atoms with Crippen LogP contribution in [-0.2, 0) is 9.53 Å². The molecule has 0 saturated carbocycles. The van der Waals surface area contributed by atoms with Crippen LogP contribution in [0.5, 0.6) is 0 Å². The van der Waals surface area contributed by atoms with E-state index in [2.05, 4.69) is 11.3 Å². The van der Waals surface area contributed by atoms with Crippen LogP contribution in [0.1, 0.15) is 6.42 Å². The Balaban J connectivity index is 6.29. The zero-order valence-electron chi connectivity index (χ0n) is 15.2. The van der Waals surface area contributed by atoms with E-state index < -0.39 is 73.0 Å². The molecular formula is C14H10F16O3. The lowest BCUT2D eigenvalue weighted by Gasteiger charge is -2.42. The predicted molar refractivity (Wildman–Crippen MR) is 72.4 cm³/mol. The number of hydrogen-bond donors (Lipinski definition) is 1. The SMILES string of the molecule is C=CC(=O)OCC(O)CC(F)(F)C(F)(F)C(F)(F)C(F)(F)C(F)(F)C(F)(F)C(F)(F)C(F)F. The van der Waals surface area contributed by atoms with Crippen LogP contribution in [0.3, 0.4) is 0 Å². The third-order valence-electron chi connectivity index (χ3n) is 3.81. The minimum absolute atomic E-state index is 0.311. The quantitative estimate of drug-likeness (QED) is 0.215. The largest absolute Gasteiger partial charge is 0.460 e. The van der Waals surface area contributed by atoms with Crippen LogP contribution < -0.4 is 0 Å². The van der Waals surface area contributed by atoms with Gasteiger partial charge in [-0.1, -0.05) is 6.58 Å². The number of aliphatic hydroxyl groups is 1. The molecule has 0 bridgehead atoms. The highest BCUT2D eigenvalue weighted by atomic mass is 19.4. The highest BCUT2D eigenvalue weighted by Gasteiger charge is 2.93. The molecule has 19 heteroatoms. The number of carbonyl (C=O) groups is 1. The number of carbonyl (C=O) groups excluding carboxylic acids is 1. The van der Waals surface area contributed by atoms with E-state index in [4.69, 9.17) is 5.11 Å². The van der Waals surface area contributed by atoms with Crippen LogP contribution in [0.25, 0.3) is 0 Å². The third kappa shape index (κ3) is 4.82. The second-order valence-corrected chi connectivity index (χ2v) is 6.19. The molecule has 3 nitrogen and oxygen atoms in total. The molecule has 0 aromatic heterocycles. The zero-order valence-corrected chi connectivity index (χ0v) is 15.2. The van der Waals surface area contributed by atoms with Crippen LogP contribution in [0.4, 0.5) is 70.2 Å². The van der Waals surface area contributed by atoms with Gasteiger partial charge in [-0.3, -0.25) is 0 Å². The first kappa shape index (κ1) is 31.0. The molecule has 0 aromatic rings. The van der Waals surface area contributed by atoms with Gasteiger partial charge in [0.2, 0.25) is 0 Å². The second-order valence-electron chi connectivity index (χ2n) is 6.19. The normalized spacial score (nSPS) is 16.1. The summed E-state index contributed by atoms with van der Waals surface area (Å²) in [6, 6.07) is 0.